The van der Waals surface area contributed by atoms with Crippen molar-refractivity contribution in [2.45, 2.75) is 44.8 Å². The Balaban J connectivity index is -0.000000205. The Bertz CT molecular complexity index is 854. The molecule has 224 valence electrons. The number of hydrogen-bond donors (Lipinski definition) is 11. The van der Waals surface area contributed by atoms with Gasteiger partial charge in [-0.25, -0.2) is 0 Å². The van der Waals surface area contributed by atoms with Crippen molar-refractivity contribution in [2.24, 2.45) is 34.6 Å². The normalized spacial score (nSPS) is 11.5. The summed E-state index contributed by atoms with van der Waals surface area (Å²) in [7, 11) is 0. The highest BCUT2D eigenvalue weighted by Gasteiger charge is 2.15. The predicted octanol–water partition coefficient (Wildman–Crippen LogP) is -2.37. The van der Waals surface area contributed by atoms with Gasteiger partial charge in [0.2, 0.25) is 0 Å². The third kappa shape index (κ3) is 33.8. The fourth-order valence-electron chi connectivity index (χ4n) is 1.52. The molecule has 3 atom stereocenters. The van der Waals surface area contributed by atoms with E-state index in [1.807, 2.05) is 30.3 Å². The molecule has 0 heterocycles. The zero-order valence-electron chi connectivity index (χ0n) is 21.5. The molecule has 1 aromatic carbocycles. The van der Waals surface area contributed by atoms with E-state index >= 15 is 0 Å². The van der Waals surface area contributed by atoms with Gasteiger partial charge in [0.25, 0.3) is 0 Å². The number of nitrogens with two attached hydrogens (primary N) is 5. The van der Waals surface area contributed by atoms with Crippen LogP contribution in [0.15, 0.2) is 30.3 Å². The molecule has 16 N–H and O–H groups in total. The molecule has 0 aliphatic heterocycles. The Morgan fingerprint density at radius 3 is 1.18 bits per heavy atom. The SMILES string of the molecule is CC(C)C(N)C(=O)O.NC(CC(=O)O)C(=O)O.NC(Cc1ccccc1)C(=O)O.NCC(=O)O.NCC(=O)O. The van der Waals surface area contributed by atoms with Crippen LogP contribution >= 0.6 is 0 Å². The van der Waals surface area contributed by atoms with Gasteiger partial charge in [-0.05, 0) is 17.9 Å². The van der Waals surface area contributed by atoms with Crippen molar-refractivity contribution in [2.75, 3.05) is 13.1 Å². The molecule has 1 aromatic rings. The Hall–Kier alpha value is -4.16. The molecular weight excluding hydrogens is 526 g/mol. The van der Waals surface area contributed by atoms with Gasteiger partial charge >= 0.3 is 35.8 Å². The van der Waals surface area contributed by atoms with E-state index in [2.05, 4.69) is 11.5 Å². The van der Waals surface area contributed by atoms with E-state index in [4.69, 9.17) is 47.8 Å². The number of hydrogen-bond acceptors (Lipinski definition) is 11. The van der Waals surface area contributed by atoms with E-state index < -0.39 is 60.4 Å². The third-order valence-corrected chi connectivity index (χ3v) is 3.68. The smallest absolute Gasteiger partial charge is 0.321 e. The second-order valence-electron chi connectivity index (χ2n) is 7.48. The van der Waals surface area contributed by atoms with Gasteiger partial charge in [0.05, 0.1) is 19.5 Å². The first-order valence-electron chi connectivity index (χ1n) is 10.9. The topological polar surface area (TPSA) is 354 Å². The van der Waals surface area contributed by atoms with Gasteiger partial charge in [0.15, 0.2) is 0 Å². The summed E-state index contributed by atoms with van der Waals surface area (Å²) < 4.78 is 0. The maximum Gasteiger partial charge on any atom is 0.321 e. The molecule has 0 spiro atoms. The van der Waals surface area contributed by atoms with Gasteiger partial charge in [0.1, 0.15) is 18.1 Å². The molecule has 0 fully saturated rings. The van der Waals surface area contributed by atoms with Crippen LogP contribution in [-0.2, 0) is 35.2 Å². The maximum absolute atomic E-state index is 10.4. The van der Waals surface area contributed by atoms with Crippen LogP contribution in [-0.4, -0.2) is 97.7 Å². The monoisotopic (exact) mass is 565 g/mol. The van der Waals surface area contributed by atoms with Crippen molar-refractivity contribution in [3.05, 3.63) is 35.9 Å². The fourth-order valence-corrected chi connectivity index (χ4v) is 1.52. The van der Waals surface area contributed by atoms with Crippen LogP contribution in [0, 0.1) is 5.92 Å². The van der Waals surface area contributed by atoms with Crippen molar-refractivity contribution in [1.29, 1.82) is 0 Å². The first kappa shape index (κ1) is 41.9. The van der Waals surface area contributed by atoms with E-state index in [-0.39, 0.29) is 19.0 Å². The molecule has 3 unspecified atom stereocenters. The molecule has 0 aliphatic carbocycles. The van der Waals surface area contributed by atoms with Crippen LogP contribution in [0.1, 0.15) is 25.8 Å². The lowest BCUT2D eigenvalue weighted by Crippen LogP contribution is -2.34. The Labute approximate surface area is 224 Å². The summed E-state index contributed by atoms with van der Waals surface area (Å²) in [6, 6.07) is 6.54. The first-order chi connectivity index (χ1) is 17.8. The van der Waals surface area contributed by atoms with Crippen LogP contribution in [0.25, 0.3) is 0 Å². The molecule has 1 rings (SSSR count). The maximum atomic E-state index is 10.4. The largest absolute Gasteiger partial charge is 0.481 e. The minimum Gasteiger partial charge on any atom is -0.481 e. The predicted molar refractivity (Wildman–Crippen MR) is 137 cm³/mol. The molecule has 0 bridgehead atoms. The molecule has 0 amide bonds. The molecule has 0 saturated heterocycles. The van der Waals surface area contributed by atoms with E-state index in [0.29, 0.717) is 6.42 Å². The van der Waals surface area contributed by atoms with Crippen LogP contribution in [0.2, 0.25) is 0 Å². The van der Waals surface area contributed by atoms with E-state index in [9.17, 15) is 28.8 Å². The van der Waals surface area contributed by atoms with Gasteiger partial charge < -0.3 is 59.3 Å². The molecule has 0 aromatic heterocycles. The zero-order chi connectivity index (χ0) is 31.7. The fraction of sp³-hybridized carbons (Fsp3) is 0.455. The minimum atomic E-state index is -1.29. The van der Waals surface area contributed by atoms with Gasteiger partial charge in [0, 0.05) is 0 Å². The number of rotatable bonds is 10. The summed E-state index contributed by atoms with van der Waals surface area (Å²) in [6.07, 6.45) is -0.147. The second kappa shape index (κ2) is 25.5. The number of benzene rings is 1. The number of carboxylic acids is 6. The van der Waals surface area contributed by atoms with E-state index in [1.165, 1.54) is 0 Å². The summed E-state index contributed by atoms with van der Waals surface area (Å²) in [4.78, 5) is 58.5. The highest BCUT2D eigenvalue weighted by molar-refractivity contribution is 5.80. The van der Waals surface area contributed by atoms with E-state index in [1.54, 1.807) is 13.8 Å². The molecule has 0 radical (unpaired) electrons. The average Bonchev–Trinajstić information content (AvgIpc) is 2.84. The van der Waals surface area contributed by atoms with Crippen molar-refractivity contribution in [3.63, 3.8) is 0 Å². The second-order valence-corrected chi connectivity index (χ2v) is 7.48. The third-order valence-electron chi connectivity index (χ3n) is 3.68. The van der Waals surface area contributed by atoms with Crippen molar-refractivity contribution < 1.29 is 59.4 Å². The van der Waals surface area contributed by atoms with Crippen LogP contribution < -0.4 is 28.7 Å². The molecule has 0 saturated carbocycles. The number of aliphatic carboxylic acids is 6. The number of carbonyl (C=O) groups is 6. The minimum absolute atomic E-state index is 0.0208. The Morgan fingerprint density at radius 2 is 1.00 bits per heavy atom. The lowest BCUT2D eigenvalue weighted by atomic mass is 10.1. The zero-order valence-corrected chi connectivity index (χ0v) is 21.5. The lowest BCUT2D eigenvalue weighted by Gasteiger charge is -2.07. The standard InChI is InChI=1S/C9H11NO2.C5H11NO2.C4H7NO4.2C2H5NO2/c10-8(9(11)12)6-7-4-2-1-3-5-7;1-3(2)4(6)5(7)8;5-2(4(8)9)1-3(6)7;2*3-1-2(4)5/h1-5,8H,6,10H2,(H,11,12);3-4H,6H2,1-2H3,(H,7,8);2H,1,5H2,(H,6,7)(H,8,9);2*1,3H2,(H,4,5). The summed E-state index contributed by atoms with van der Waals surface area (Å²) in [5.41, 5.74) is 25.4. The van der Waals surface area contributed by atoms with Crippen molar-refractivity contribution in [1.82, 2.24) is 0 Å². The molecule has 17 nitrogen and oxygen atoms in total. The van der Waals surface area contributed by atoms with E-state index in [0.717, 1.165) is 5.56 Å². The van der Waals surface area contributed by atoms with Gasteiger partial charge in [-0.3, -0.25) is 28.8 Å². The van der Waals surface area contributed by atoms with Gasteiger partial charge in [-0.1, -0.05) is 44.2 Å². The summed E-state index contributed by atoms with van der Waals surface area (Å²) in [5.74, 6) is -6.30. The lowest BCUT2D eigenvalue weighted by molar-refractivity contribution is -0.144. The molecule has 39 heavy (non-hydrogen) atoms. The van der Waals surface area contributed by atoms with Crippen LogP contribution in [0.5, 0.6) is 0 Å². The average molecular weight is 566 g/mol. The molecule has 17 heteroatoms. The highest BCUT2D eigenvalue weighted by atomic mass is 16.4. The van der Waals surface area contributed by atoms with Gasteiger partial charge in [-0.2, -0.15) is 0 Å². The summed E-state index contributed by atoms with van der Waals surface area (Å²) in [6.45, 7) is 3.00. The van der Waals surface area contributed by atoms with Crippen LogP contribution in [0.3, 0.4) is 0 Å². The van der Waals surface area contributed by atoms with Crippen molar-refractivity contribution in [3.8, 4) is 0 Å². The molecule has 0 aliphatic rings. The quantitative estimate of drug-likeness (QED) is 0.141. The Kier molecular flexibility index (Phi) is 27.4. The first-order valence-corrected chi connectivity index (χ1v) is 10.9. The molecular formula is C22H39N5O12. The van der Waals surface area contributed by atoms with Crippen LogP contribution in [0.4, 0.5) is 0 Å². The highest BCUT2D eigenvalue weighted by Crippen LogP contribution is 2.01. The van der Waals surface area contributed by atoms with Gasteiger partial charge in [-0.15, -0.1) is 0 Å². The van der Waals surface area contributed by atoms with Crippen molar-refractivity contribution >= 4 is 35.8 Å². The number of carboxylic acid groups (broad SMARTS) is 6. The Morgan fingerprint density at radius 1 is 0.641 bits per heavy atom. The summed E-state index contributed by atoms with van der Waals surface area (Å²) in [5, 5.41) is 48.0. The summed E-state index contributed by atoms with van der Waals surface area (Å²) >= 11 is 0.